The summed E-state index contributed by atoms with van der Waals surface area (Å²) in [5, 5.41) is -1.25. The Kier molecular flexibility index (Phi) is 4.33. The number of benzene rings is 1. The number of hydrogen-bond acceptors (Lipinski definition) is 3. The van der Waals surface area contributed by atoms with Crippen molar-refractivity contribution in [3.63, 3.8) is 0 Å². The van der Waals surface area contributed by atoms with Gasteiger partial charge in [-0.15, -0.1) is 13.2 Å². The van der Waals surface area contributed by atoms with Crippen LogP contribution >= 0.6 is 11.6 Å². The number of rotatable bonds is 4. The van der Waals surface area contributed by atoms with Crippen molar-refractivity contribution in [1.82, 2.24) is 0 Å². The van der Waals surface area contributed by atoms with Crippen LogP contribution in [0.2, 0.25) is 0 Å². The fraction of sp³-hybridized carbons (Fsp3) is 0.222. The summed E-state index contributed by atoms with van der Waals surface area (Å²) in [7, 11) is 0. The van der Waals surface area contributed by atoms with Gasteiger partial charge in [-0.1, -0.05) is 6.07 Å². The first-order chi connectivity index (χ1) is 8.20. The van der Waals surface area contributed by atoms with E-state index in [0.29, 0.717) is 6.07 Å². The fourth-order valence-corrected chi connectivity index (χ4v) is 1.24. The first-order valence-electron chi connectivity index (χ1n) is 4.24. The summed E-state index contributed by atoms with van der Waals surface area (Å²) >= 11 is 5.03. The van der Waals surface area contributed by atoms with Crippen LogP contribution in [-0.2, 0) is 0 Å². The Labute approximate surface area is 102 Å². The molecule has 0 amide bonds. The second kappa shape index (κ2) is 5.38. The van der Waals surface area contributed by atoms with Gasteiger partial charge in [0.2, 0.25) is 0 Å². The van der Waals surface area contributed by atoms with Gasteiger partial charge < -0.3 is 9.47 Å². The SMILES string of the molecule is O=C(Cl)c1cccc(OC(F)(F)F)c1OC(F)F. The number of para-hydroxylation sites is 1. The Hall–Kier alpha value is -1.57. The zero-order valence-electron chi connectivity index (χ0n) is 8.30. The van der Waals surface area contributed by atoms with Crippen molar-refractivity contribution in [3.8, 4) is 11.5 Å². The fourth-order valence-electron chi connectivity index (χ4n) is 1.09. The second-order valence-electron chi connectivity index (χ2n) is 2.83. The van der Waals surface area contributed by atoms with Gasteiger partial charge in [0, 0.05) is 0 Å². The van der Waals surface area contributed by atoms with E-state index in [-0.39, 0.29) is 0 Å². The lowest BCUT2D eigenvalue weighted by Crippen LogP contribution is -2.19. The molecule has 18 heavy (non-hydrogen) atoms. The van der Waals surface area contributed by atoms with Crippen LogP contribution < -0.4 is 9.47 Å². The molecule has 3 nitrogen and oxygen atoms in total. The van der Waals surface area contributed by atoms with Gasteiger partial charge in [-0.25, -0.2) is 0 Å². The van der Waals surface area contributed by atoms with Crippen LogP contribution in [0.1, 0.15) is 10.4 Å². The van der Waals surface area contributed by atoms with Crippen molar-refractivity contribution in [3.05, 3.63) is 23.8 Å². The van der Waals surface area contributed by atoms with Gasteiger partial charge >= 0.3 is 13.0 Å². The van der Waals surface area contributed by atoms with Gasteiger partial charge in [0.15, 0.2) is 11.5 Å². The number of ether oxygens (including phenoxy) is 2. The highest BCUT2D eigenvalue weighted by atomic mass is 35.5. The molecule has 0 atom stereocenters. The lowest BCUT2D eigenvalue weighted by Gasteiger charge is -2.15. The van der Waals surface area contributed by atoms with E-state index in [4.69, 9.17) is 11.6 Å². The molecule has 0 N–H and O–H groups in total. The molecule has 0 aliphatic carbocycles. The molecule has 0 bridgehead atoms. The predicted octanol–water partition coefficient (Wildman–Crippen LogP) is 3.57. The molecule has 0 heterocycles. The molecular formula is C9H4ClF5O3. The van der Waals surface area contributed by atoms with E-state index < -0.39 is 35.3 Å². The second-order valence-corrected chi connectivity index (χ2v) is 3.18. The summed E-state index contributed by atoms with van der Waals surface area (Å²) in [5.74, 6) is -2.14. The monoisotopic (exact) mass is 290 g/mol. The molecule has 0 fully saturated rings. The molecule has 0 spiro atoms. The van der Waals surface area contributed by atoms with Crippen LogP contribution in [0, 0.1) is 0 Å². The lowest BCUT2D eigenvalue weighted by molar-refractivity contribution is -0.275. The van der Waals surface area contributed by atoms with E-state index in [1.165, 1.54) is 0 Å². The van der Waals surface area contributed by atoms with Crippen molar-refractivity contribution < 1.29 is 36.2 Å². The third-order valence-electron chi connectivity index (χ3n) is 1.62. The summed E-state index contributed by atoms with van der Waals surface area (Å²) in [6.07, 6.45) is -5.12. The molecule has 0 unspecified atom stereocenters. The number of alkyl halides is 5. The van der Waals surface area contributed by atoms with Crippen LogP contribution in [0.5, 0.6) is 11.5 Å². The summed E-state index contributed by atoms with van der Waals surface area (Å²) in [6, 6.07) is 2.62. The van der Waals surface area contributed by atoms with Gasteiger partial charge in [-0.05, 0) is 23.7 Å². The molecule has 1 rings (SSSR count). The van der Waals surface area contributed by atoms with Gasteiger partial charge in [-0.3, -0.25) is 4.79 Å². The van der Waals surface area contributed by atoms with Crippen LogP contribution in [0.3, 0.4) is 0 Å². The summed E-state index contributed by atoms with van der Waals surface area (Å²) in [5.41, 5.74) is -0.654. The Morgan fingerprint density at radius 1 is 1.28 bits per heavy atom. The van der Waals surface area contributed by atoms with Crippen molar-refractivity contribution in [2.75, 3.05) is 0 Å². The highest BCUT2D eigenvalue weighted by Gasteiger charge is 2.34. The Morgan fingerprint density at radius 2 is 1.89 bits per heavy atom. The van der Waals surface area contributed by atoms with Crippen LogP contribution in [0.25, 0.3) is 0 Å². The normalized spacial score (nSPS) is 11.5. The van der Waals surface area contributed by atoms with Crippen molar-refractivity contribution in [2.45, 2.75) is 13.0 Å². The maximum absolute atomic E-state index is 12.1. The van der Waals surface area contributed by atoms with Crippen LogP contribution in [0.15, 0.2) is 18.2 Å². The quantitative estimate of drug-likeness (QED) is 0.628. The first-order valence-corrected chi connectivity index (χ1v) is 4.62. The zero-order valence-corrected chi connectivity index (χ0v) is 9.06. The smallest absolute Gasteiger partial charge is 0.430 e. The molecule has 0 saturated carbocycles. The largest absolute Gasteiger partial charge is 0.573 e. The van der Waals surface area contributed by atoms with E-state index >= 15 is 0 Å². The molecule has 9 heteroatoms. The minimum Gasteiger partial charge on any atom is -0.430 e. The molecule has 0 radical (unpaired) electrons. The number of hydrogen-bond donors (Lipinski definition) is 0. The van der Waals surface area contributed by atoms with Crippen LogP contribution in [-0.4, -0.2) is 18.2 Å². The molecule has 100 valence electrons. The van der Waals surface area contributed by atoms with Crippen LogP contribution in [0.4, 0.5) is 22.0 Å². The Bertz CT molecular complexity index is 446. The minimum atomic E-state index is -5.12. The van der Waals surface area contributed by atoms with E-state index in [1.54, 1.807) is 0 Å². The summed E-state index contributed by atoms with van der Waals surface area (Å²) in [6.45, 7) is -3.43. The third-order valence-corrected chi connectivity index (χ3v) is 1.83. The van der Waals surface area contributed by atoms with Crippen molar-refractivity contribution in [1.29, 1.82) is 0 Å². The standard InChI is InChI=1S/C9H4ClF5O3/c10-7(16)4-2-1-3-5(18-9(13,14)15)6(4)17-8(11)12/h1-3,8H. The maximum Gasteiger partial charge on any atom is 0.573 e. The number of carbonyl (C=O) groups is 1. The van der Waals surface area contributed by atoms with E-state index in [2.05, 4.69) is 9.47 Å². The predicted molar refractivity (Wildman–Crippen MR) is 49.9 cm³/mol. The molecule has 1 aromatic carbocycles. The van der Waals surface area contributed by atoms with E-state index in [9.17, 15) is 26.7 Å². The first kappa shape index (κ1) is 14.5. The highest BCUT2D eigenvalue weighted by Crippen LogP contribution is 2.36. The molecule has 1 aromatic rings. The van der Waals surface area contributed by atoms with E-state index in [0.717, 1.165) is 12.1 Å². The number of carbonyl (C=O) groups excluding carboxylic acids is 1. The molecule has 0 saturated heterocycles. The zero-order chi connectivity index (χ0) is 13.9. The molecule has 0 aliphatic heterocycles. The molecule has 0 aromatic heterocycles. The van der Waals surface area contributed by atoms with Gasteiger partial charge in [0.25, 0.3) is 5.24 Å². The lowest BCUT2D eigenvalue weighted by atomic mass is 10.2. The highest BCUT2D eigenvalue weighted by molar-refractivity contribution is 6.68. The van der Waals surface area contributed by atoms with Gasteiger partial charge in [0.05, 0.1) is 5.56 Å². The summed E-state index contributed by atoms with van der Waals surface area (Å²) in [4.78, 5) is 10.9. The van der Waals surface area contributed by atoms with Gasteiger partial charge in [-0.2, -0.15) is 8.78 Å². The maximum atomic E-state index is 12.1. The Balaban J connectivity index is 3.23. The van der Waals surface area contributed by atoms with E-state index in [1.807, 2.05) is 0 Å². The summed E-state index contributed by atoms with van der Waals surface area (Å²) < 4.78 is 67.4. The molecule has 0 aliphatic rings. The van der Waals surface area contributed by atoms with Crippen molar-refractivity contribution >= 4 is 16.8 Å². The average molecular weight is 291 g/mol. The third kappa shape index (κ3) is 4.02. The topological polar surface area (TPSA) is 35.5 Å². The minimum absolute atomic E-state index is 0.654. The average Bonchev–Trinajstić information content (AvgIpc) is 2.17. The molecular weight excluding hydrogens is 287 g/mol. The number of halogens is 6. The van der Waals surface area contributed by atoms with Crippen molar-refractivity contribution in [2.24, 2.45) is 0 Å². The van der Waals surface area contributed by atoms with Gasteiger partial charge in [0.1, 0.15) is 0 Å². The Morgan fingerprint density at radius 3 is 2.33 bits per heavy atom.